The Balaban J connectivity index is 1.60. The van der Waals surface area contributed by atoms with E-state index in [1.54, 1.807) is 36.4 Å². The highest BCUT2D eigenvalue weighted by Crippen LogP contribution is 2.27. The molecule has 174 valence electrons. The quantitative estimate of drug-likeness (QED) is 0.322. The number of carbonyl (C=O) groups is 1. The van der Waals surface area contributed by atoms with Gasteiger partial charge in [0.2, 0.25) is 9.84 Å². The number of carboxylic acid groups (broad SMARTS) is 1. The summed E-state index contributed by atoms with van der Waals surface area (Å²) < 4.78 is 25.8. The summed E-state index contributed by atoms with van der Waals surface area (Å²) in [5.74, 6) is -1.43. The molecule has 0 bridgehead atoms. The lowest BCUT2D eigenvalue weighted by Gasteiger charge is -2.13. The minimum atomic E-state index is -3.86. The zero-order valence-corrected chi connectivity index (χ0v) is 19.2. The van der Waals surface area contributed by atoms with Crippen molar-refractivity contribution in [1.82, 2.24) is 5.32 Å². The molecule has 0 spiro atoms. The van der Waals surface area contributed by atoms with Crippen LogP contribution in [0.15, 0.2) is 76.5 Å². The van der Waals surface area contributed by atoms with Crippen LogP contribution in [0.4, 0.5) is 0 Å². The van der Waals surface area contributed by atoms with Gasteiger partial charge >= 0.3 is 5.97 Å². The van der Waals surface area contributed by atoms with Gasteiger partial charge in [0.1, 0.15) is 5.75 Å². The first kappa shape index (κ1) is 24.7. The second-order valence-electron chi connectivity index (χ2n) is 7.53. The molecule has 0 aliphatic rings. The Labute approximate surface area is 197 Å². The predicted molar refractivity (Wildman–Crippen MR) is 124 cm³/mol. The van der Waals surface area contributed by atoms with E-state index >= 15 is 0 Å². The summed E-state index contributed by atoms with van der Waals surface area (Å²) in [6.45, 7) is 0.937. The van der Waals surface area contributed by atoms with E-state index in [-0.39, 0.29) is 21.1 Å². The number of sulfone groups is 1. The second-order valence-corrected chi connectivity index (χ2v) is 9.92. The van der Waals surface area contributed by atoms with Gasteiger partial charge in [-0.2, -0.15) is 0 Å². The van der Waals surface area contributed by atoms with Crippen LogP contribution in [0.5, 0.6) is 5.75 Å². The molecule has 0 heterocycles. The highest BCUT2D eigenvalue weighted by atomic mass is 35.5. The van der Waals surface area contributed by atoms with Crippen molar-refractivity contribution in [2.75, 3.05) is 13.1 Å². The van der Waals surface area contributed by atoms with Crippen LogP contribution in [0.3, 0.4) is 0 Å². The van der Waals surface area contributed by atoms with Gasteiger partial charge in [0.05, 0.1) is 22.3 Å². The fraction of sp³-hybridized carbons (Fsp3) is 0.208. The van der Waals surface area contributed by atoms with Crippen LogP contribution in [0.1, 0.15) is 22.8 Å². The average Bonchev–Trinajstić information content (AvgIpc) is 2.78. The Kier molecular flexibility index (Phi) is 8.10. The topological polar surface area (TPSA) is 124 Å². The molecular weight excluding hydrogens is 466 g/mol. The summed E-state index contributed by atoms with van der Waals surface area (Å²) in [6.07, 6.45) is -0.537. The summed E-state index contributed by atoms with van der Waals surface area (Å²) in [6, 6.07) is 17.1. The highest BCUT2D eigenvalue weighted by Gasteiger charge is 2.20. The molecule has 0 aliphatic heterocycles. The van der Waals surface area contributed by atoms with Crippen molar-refractivity contribution in [1.29, 1.82) is 0 Å². The van der Waals surface area contributed by atoms with Crippen molar-refractivity contribution in [2.45, 2.75) is 28.7 Å². The maximum absolute atomic E-state index is 12.9. The van der Waals surface area contributed by atoms with E-state index in [0.29, 0.717) is 24.5 Å². The number of aliphatic carboxylic acids is 1. The number of nitrogens with one attached hydrogen (secondary N) is 1. The minimum Gasteiger partial charge on any atom is -0.508 e. The standard InChI is InChI=1S/C24H24ClNO6S/c25-19-3-1-2-17(12-19)23(28)15-26-11-10-16-4-6-20(7-5-16)33(31,32)21-8-9-22(27)18(13-21)14-24(29)30/h1-9,12-13,23,26-28H,10-11,14-15H2,(H,29,30)/t23-/m0/s1. The maximum atomic E-state index is 12.9. The highest BCUT2D eigenvalue weighted by molar-refractivity contribution is 7.91. The number of phenolic OH excluding ortho intramolecular Hbond substituents is 1. The second kappa shape index (κ2) is 10.8. The molecule has 0 amide bonds. The Morgan fingerprint density at radius 1 is 1.00 bits per heavy atom. The van der Waals surface area contributed by atoms with Crippen LogP contribution in [-0.2, 0) is 27.5 Å². The number of carboxylic acids is 1. The molecule has 7 nitrogen and oxygen atoms in total. The number of halogens is 1. The maximum Gasteiger partial charge on any atom is 0.307 e. The Bertz CT molecular complexity index is 1230. The number of phenols is 1. The normalized spacial score (nSPS) is 12.4. The third-order valence-electron chi connectivity index (χ3n) is 5.10. The summed E-state index contributed by atoms with van der Waals surface area (Å²) >= 11 is 5.94. The Morgan fingerprint density at radius 3 is 2.36 bits per heavy atom. The number of aliphatic hydroxyl groups is 1. The largest absolute Gasteiger partial charge is 0.508 e. The van der Waals surface area contributed by atoms with Crippen LogP contribution < -0.4 is 5.32 Å². The van der Waals surface area contributed by atoms with Crippen molar-refractivity contribution in [2.24, 2.45) is 0 Å². The van der Waals surface area contributed by atoms with E-state index < -0.39 is 28.3 Å². The Morgan fingerprint density at radius 2 is 1.70 bits per heavy atom. The number of aromatic hydroxyl groups is 1. The van der Waals surface area contributed by atoms with Crippen LogP contribution in [-0.4, -0.2) is 42.8 Å². The SMILES string of the molecule is O=C(O)Cc1cc(S(=O)(=O)c2ccc(CCNC[C@H](O)c3cccc(Cl)c3)cc2)ccc1O. The van der Waals surface area contributed by atoms with Crippen molar-refractivity contribution in [3.8, 4) is 5.75 Å². The van der Waals surface area contributed by atoms with E-state index in [1.165, 1.54) is 30.3 Å². The fourth-order valence-corrected chi connectivity index (χ4v) is 4.82. The number of benzene rings is 3. The zero-order chi connectivity index (χ0) is 24.0. The molecule has 0 aromatic heterocycles. The lowest BCUT2D eigenvalue weighted by Crippen LogP contribution is -2.23. The molecule has 3 aromatic carbocycles. The Hall–Kier alpha value is -2.91. The van der Waals surface area contributed by atoms with Crippen LogP contribution in [0, 0.1) is 0 Å². The van der Waals surface area contributed by atoms with Gasteiger partial charge in [-0.3, -0.25) is 4.79 Å². The molecule has 33 heavy (non-hydrogen) atoms. The predicted octanol–water partition coefficient (Wildman–Crippen LogP) is 3.37. The summed E-state index contributed by atoms with van der Waals surface area (Å²) in [7, 11) is -3.86. The molecule has 3 rings (SSSR count). The molecule has 3 aromatic rings. The van der Waals surface area contributed by atoms with Crippen molar-refractivity contribution < 1.29 is 28.5 Å². The first-order valence-corrected chi connectivity index (χ1v) is 12.0. The molecule has 0 aliphatic carbocycles. The zero-order valence-electron chi connectivity index (χ0n) is 17.6. The van der Waals surface area contributed by atoms with Crippen LogP contribution in [0.2, 0.25) is 5.02 Å². The van der Waals surface area contributed by atoms with E-state index in [2.05, 4.69) is 5.32 Å². The lowest BCUT2D eigenvalue weighted by atomic mass is 10.1. The third kappa shape index (κ3) is 6.55. The van der Waals surface area contributed by atoms with E-state index in [0.717, 1.165) is 11.1 Å². The monoisotopic (exact) mass is 489 g/mol. The molecule has 0 radical (unpaired) electrons. The fourth-order valence-electron chi connectivity index (χ4n) is 3.31. The van der Waals surface area contributed by atoms with Crippen molar-refractivity contribution >= 4 is 27.4 Å². The van der Waals surface area contributed by atoms with E-state index in [1.807, 2.05) is 0 Å². The third-order valence-corrected chi connectivity index (χ3v) is 7.10. The molecule has 9 heteroatoms. The van der Waals surface area contributed by atoms with Gasteiger partial charge in [0.15, 0.2) is 0 Å². The first-order chi connectivity index (χ1) is 15.7. The van der Waals surface area contributed by atoms with Gasteiger partial charge in [-0.1, -0.05) is 35.9 Å². The average molecular weight is 490 g/mol. The molecular formula is C24H24ClNO6S. The first-order valence-electron chi connectivity index (χ1n) is 10.2. The van der Waals surface area contributed by atoms with Gasteiger partial charge in [0.25, 0.3) is 0 Å². The smallest absolute Gasteiger partial charge is 0.307 e. The number of hydrogen-bond acceptors (Lipinski definition) is 6. The summed E-state index contributed by atoms with van der Waals surface area (Å²) in [5.41, 5.74) is 1.67. The van der Waals surface area contributed by atoms with Gasteiger partial charge in [0, 0.05) is 17.1 Å². The number of hydrogen-bond donors (Lipinski definition) is 4. The molecule has 0 unspecified atom stereocenters. The van der Waals surface area contributed by atoms with Crippen LogP contribution in [0.25, 0.3) is 0 Å². The molecule has 0 saturated heterocycles. The minimum absolute atomic E-state index is 0.0335. The van der Waals surface area contributed by atoms with Crippen LogP contribution >= 0.6 is 11.6 Å². The lowest BCUT2D eigenvalue weighted by molar-refractivity contribution is -0.136. The van der Waals surface area contributed by atoms with Gasteiger partial charge in [-0.25, -0.2) is 8.42 Å². The van der Waals surface area contributed by atoms with Crippen molar-refractivity contribution in [3.05, 3.63) is 88.4 Å². The summed E-state index contributed by atoms with van der Waals surface area (Å²) in [5, 5.41) is 32.7. The van der Waals surface area contributed by atoms with E-state index in [4.69, 9.17) is 16.7 Å². The molecule has 1 atom stereocenters. The molecule has 4 N–H and O–H groups in total. The number of rotatable bonds is 10. The van der Waals surface area contributed by atoms with Gasteiger partial charge < -0.3 is 20.6 Å². The van der Waals surface area contributed by atoms with Gasteiger partial charge in [-0.05, 0) is 66.6 Å². The van der Waals surface area contributed by atoms with Gasteiger partial charge in [-0.15, -0.1) is 0 Å². The molecule has 0 fully saturated rings. The summed E-state index contributed by atoms with van der Waals surface area (Å²) in [4.78, 5) is 10.9. The van der Waals surface area contributed by atoms with Crippen molar-refractivity contribution in [3.63, 3.8) is 0 Å². The molecule has 0 saturated carbocycles. The number of aliphatic hydroxyl groups excluding tert-OH is 1. The van der Waals surface area contributed by atoms with E-state index in [9.17, 15) is 23.4 Å².